The number of nitrogens with one attached hydrogen (secondary N) is 1. The minimum atomic E-state index is -0.210. The van der Waals surface area contributed by atoms with Crippen LogP contribution in [-0.4, -0.2) is 30.6 Å². The van der Waals surface area contributed by atoms with E-state index in [0.717, 1.165) is 43.7 Å². The van der Waals surface area contributed by atoms with Crippen LogP contribution in [0.1, 0.15) is 24.0 Å². The minimum absolute atomic E-state index is 0.210. The van der Waals surface area contributed by atoms with E-state index >= 15 is 0 Å². The van der Waals surface area contributed by atoms with E-state index in [0.29, 0.717) is 11.7 Å². The fourth-order valence-corrected chi connectivity index (χ4v) is 3.20. The van der Waals surface area contributed by atoms with Crippen molar-refractivity contribution in [2.75, 3.05) is 25.4 Å². The monoisotopic (exact) mass is 249 g/mol. The predicted octanol–water partition coefficient (Wildman–Crippen LogP) is 1.52. The van der Waals surface area contributed by atoms with Crippen molar-refractivity contribution in [2.24, 2.45) is 0 Å². The average molecular weight is 249 g/mol. The van der Waals surface area contributed by atoms with E-state index in [4.69, 9.17) is 5.73 Å². The number of halogens is 1. The third-order valence-corrected chi connectivity index (χ3v) is 4.19. The summed E-state index contributed by atoms with van der Waals surface area (Å²) in [6.07, 6.45) is 3.34. The van der Waals surface area contributed by atoms with Gasteiger partial charge in [-0.05, 0) is 55.6 Å². The van der Waals surface area contributed by atoms with Crippen LogP contribution in [0.25, 0.3) is 0 Å². The van der Waals surface area contributed by atoms with Crippen LogP contribution in [0.3, 0.4) is 0 Å². The number of benzene rings is 1. The number of nitrogen functional groups attached to an aromatic ring is 1. The van der Waals surface area contributed by atoms with Crippen LogP contribution in [0.2, 0.25) is 0 Å². The lowest BCUT2D eigenvalue weighted by molar-refractivity contribution is 0.147. The number of fused-ring (bicyclic) bond motifs is 1. The highest BCUT2D eigenvalue weighted by atomic mass is 19.1. The van der Waals surface area contributed by atoms with Crippen LogP contribution in [-0.2, 0) is 13.0 Å². The number of piperidine rings is 1. The molecule has 0 bridgehead atoms. The normalized spacial score (nSPS) is 21.8. The highest BCUT2D eigenvalue weighted by molar-refractivity contribution is 5.52. The SMILES string of the molecule is Nc1cc(F)cc2c1CCN(C1CCNCC1)C2. The molecular weight excluding hydrogens is 229 g/mol. The Kier molecular flexibility index (Phi) is 3.22. The predicted molar refractivity (Wildman–Crippen MR) is 70.8 cm³/mol. The van der Waals surface area contributed by atoms with Gasteiger partial charge in [-0.15, -0.1) is 0 Å². The quantitative estimate of drug-likeness (QED) is 0.741. The van der Waals surface area contributed by atoms with E-state index in [2.05, 4.69) is 10.2 Å². The summed E-state index contributed by atoms with van der Waals surface area (Å²) in [4.78, 5) is 2.49. The molecule has 0 aromatic heterocycles. The third-order valence-electron chi connectivity index (χ3n) is 4.19. The molecule has 1 aromatic rings. The molecule has 0 amide bonds. The summed E-state index contributed by atoms with van der Waals surface area (Å²) in [5.41, 5.74) is 8.75. The van der Waals surface area contributed by atoms with Gasteiger partial charge < -0.3 is 11.1 Å². The summed E-state index contributed by atoms with van der Waals surface area (Å²) < 4.78 is 13.4. The Labute approximate surface area is 107 Å². The maximum absolute atomic E-state index is 13.4. The molecule has 2 aliphatic heterocycles. The first kappa shape index (κ1) is 11.9. The zero-order valence-electron chi connectivity index (χ0n) is 10.6. The van der Waals surface area contributed by atoms with Crippen molar-refractivity contribution < 1.29 is 4.39 Å². The van der Waals surface area contributed by atoms with Crippen LogP contribution in [0.15, 0.2) is 12.1 Å². The number of hydrogen-bond acceptors (Lipinski definition) is 3. The Hall–Kier alpha value is -1.13. The third kappa shape index (κ3) is 2.22. The minimum Gasteiger partial charge on any atom is -0.398 e. The second-order valence-electron chi connectivity index (χ2n) is 5.33. The molecule has 0 unspecified atom stereocenters. The van der Waals surface area contributed by atoms with E-state index in [9.17, 15) is 4.39 Å². The fraction of sp³-hybridized carbons (Fsp3) is 0.571. The topological polar surface area (TPSA) is 41.3 Å². The van der Waals surface area contributed by atoms with Crippen molar-refractivity contribution in [3.05, 3.63) is 29.1 Å². The standard InChI is InChI=1S/C14H20FN3/c15-11-7-10-9-18(12-1-4-17-5-2-12)6-3-13(10)14(16)8-11/h7-8,12,17H,1-6,9,16H2. The highest BCUT2D eigenvalue weighted by Gasteiger charge is 2.25. The average Bonchev–Trinajstić information content (AvgIpc) is 2.39. The number of anilines is 1. The Balaban J connectivity index is 1.79. The fourth-order valence-electron chi connectivity index (χ4n) is 3.20. The van der Waals surface area contributed by atoms with Crippen molar-refractivity contribution in [1.29, 1.82) is 0 Å². The molecule has 0 radical (unpaired) electrons. The van der Waals surface area contributed by atoms with Crippen LogP contribution in [0, 0.1) is 5.82 Å². The van der Waals surface area contributed by atoms with Gasteiger partial charge in [0.05, 0.1) is 0 Å². The van der Waals surface area contributed by atoms with Gasteiger partial charge in [-0.1, -0.05) is 0 Å². The van der Waals surface area contributed by atoms with E-state index in [1.165, 1.54) is 18.9 Å². The smallest absolute Gasteiger partial charge is 0.125 e. The first-order valence-electron chi connectivity index (χ1n) is 6.75. The summed E-state index contributed by atoms with van der Waals surface area (Å²) >= 11 is 0. The van der Waals surface area contributed by atoms with E-state index < -0.39 is 0 Å². The van der Waals surface area contributed by atoms with Gasteiger partial charge in [-0.3, -0.25) is 4.90 Å². The summed E-state index contributed by atoms with van der Waals surface area (Å²) in [6, 6.07) is 3.74. The summed E-state index contributed by atoms with van der Waals surface area (Å²) in [5.74, 6) is -0.210. The van der Waals surface area contributed by atoms with Gasteiger partial charge in [-0.2, -0.15) is 0 Å². The van der Waals surface area contributed by atoms with Crippen molar-refractivity contribution >= 4 is 5.69 Å². The van der Waals surface area contributed by atoms with Crippen LogP contribution < -0.4 is 11.1 Å². The molecule has 0 saturated carbocycles. The van der Waals surface area contributed by atoms with Crippen LogP contribution >= 0.6 is 0 Å². The molecule has 3 nitrogen and oxygen atoms in total. The zero-order valence-corrected chi connectivity index (χ0v) is 10.6. The van der Waals surface area contributed by atoms with Crippen molar-refractivity contribution in [3.63, 3.8) is 0 Å². The Morgan fingerprint density at radius 2 is 2.06 bits per heavy atom. The molecule has 3 rings (SSSR count). The maximum Gasteiger partial charge on any atom is 0.125 e. The molecule has 0 atom stereocenters. The molecule has 1 aromatic carbocycles. The molecule has 98 valence electrons. The second-order valence-corrected chi connectivity index (χ2v) is 5.33. The van der Waals surface area contributed by atoms with Gasteiger partial charge in [0.1, 0.15) is 5.82 Å². The Bertz CT molecular complexity index is 441. The number of nitrogens with zero attached hydrogens (tertiary/aromatic N) is 1. The molecule has 0 spiro atoms. The largest absolute Gasteiger partial charge is 0.398 e. The summed E-state index contributed by atoms with van der Waals surface area (Å²) in [5, 5.41) is 3.38. The van der Waals surface area contributed by atoms with Gasteiger partial charge in [-0.25, -0.2) is 4.39 Å². The molecule has 18 heavy (non-hydrogen) atoms. The first-order valence-corrected chi connectivity index (χ1v) is 6.75. The zero-order chi connectivity index (χ0) is 12.5. The Morgan fingerprint density at radius 3 is 2.83 bits per heavy atom. The van der Waals surface area contributed by atoms with Crippen LogP contribution in [0.5, 0.6) is 0 Å². The lowest BCUT2D eigenvalue weighted by atomic mass is 9.94. The molecule has 3 N–H and O–H groups in total. The van der Waals surface area contributed by atoms with Crippen molar-refractivity contribution in [3.8, 4) is 0 Å². The van der Waals surface area contributed by atoms with Crippen molar-refractivity contribution in [1.82, 2.24) is 10.2 Å². The molecule has 2 aliphatic rings. The molecular formula is C14H20FN3. The van der Waals surface area contributed by atoms with Gasteiger partial charge in [0.25, 0.3) is 0 Å². The van der Waals surface area contributed by atoms with E-state index in [-0.39, 0.29) is 5.82 Å². The van der Waals surface area contributed by atoms with Crippen LogP contribution in [0.4, 0.5) is 10.1 Å². The van der Waals surface area contributed by atoms with Crippen molar-refractivity contribution in [2.45, 2.75) is 31.8 Å². The van der Waals surface area contributed by atoms with Gasteiger partial charge in [0.15, 0.2) is 0 Å². The lowest BCUT2D eigenvalue weighted by Crippen LogP contribution is -2.45. The molecule has 0 aliphatic carbocycles. The molecule has 4 heteroatoms. The molecule has 1 saturated heterocycles. The number of nitrogens with two attached hydrogens (primary N) is 1. The number of hydrogen-bond donors (Lipinski definition) is 2. The van der Waals surface area contributed by atoms with E-state index in [1.807, 2.05) is 0 Å². The molecule has 2 heterocycles. The lowest BCUT2D eigenvalue weighted by Gasteiger charge is -2.38. The molecule has 1 fully saturated rings. The first-order chi connectivity index (χ1) is 8.74. The second kappa shape index (κ2) is 4.86. The van der Waals surface area contributed by atoms with Gasteiger partial charge >= 0.3 is 0 Å². The summed E-state index contributed by atoms with van der Waals surface area (Å²) in [6.45, 7) is 4.09. The maximum atomic E-state index is 13.4. The van der Waals surface area contributed by atoms with Gasteiger partial charge in [0, 0.05) is 24.8 Å². The Morgan fingerprint density at radius 1 is 1.28 bits per heavy atom. The van der Waals surface area contributed by atoms with Gasteiger partial charge in [0.2, 0.25) is 0 Å². The van der Waals surface area contributed by atoms with E-state index in [1.54, 1.807) is 6.07 Å². The number of rotatable bonds is 1. The highest BCUT2D eigenvalue weighted by Crippen LogP contribution is 2.28. The summed E-state index contributed by atoms with van der Waals surface area (Å²) in [7, 11) is 0.